The Hall–Kier alpha value is -1.90. The highest BCUT2D eigenvalue weighted by Gasteiger charge is 2.13. The predicted molar refractivity (Wildman–Crippen MR) is 80.2 cm³/mol. The number of carboxylic acid groups (broad SMARTS) is 1. The Morgan fingerprint density at radius 2 is 2.00 bits per heavy atom. The molecular formula is C13H14ClN3O4S. The Balaban J connectivity index is 1.91. The van der Waals surface area contributed by atoms with Gasteiger partial charge in [0.25, 0.3) is 0 Å². The van der Waals surface area contributed by atoms with E-state index in [1.54, 1.807) is 6.20 Å². The third-order valence-corrected chi connectivity index (χ3v) is 4.53. The summed E-state index contributed by atoms with van der Waals surface area (Å²) in [6.45, 7) is -0.0153. The van der Waals surface area contributed by atoms with Gasteiger partial charge in [0.2, 0.25) is 10.0 Å². The van der Waals surface area contributed by atoms with Crippen LogP contribution < -0.4 is 4.72 Å². The molecule has 0 aliphatic rings. The highest BCUT2D eigenvalue weighted by molar-refractivity contribution is 7.89. The van der Waals surface area contributed by atoms with Crippen LogP contribution in [0.5, 0.6) is 0 Å². The van der Waals surface area contributed by atoms with Gasteiger partial charge >= 0.3 is 5.97 Å². The SMILES string of the molecule is O=C(O)Cn1cnc(CCNS(=O)(=O)c2ccc(Cl)cc2)c1. The lowest BCUT2D eigenvalue weighted by molar-refractivity contribution is -0.137. The Morgan fingerprint density at radius 1 is 1.32 bits per heavy atom. The molecule has 9 heteroatoms. The van der Waals surface area contributed by atoms with Crippen LogP contribution in [0.1, 0.15) is 5.69 Å². The molecule has 0 aliphatic heterocycles. The van der Waals surface area contributed by atoms with Crippen molar-refractivity contribution in [1.29, 1.82) is 0 Å². The second-order valence-corrected chi connectivity index (χ2v) is 6.74. The number of halogens is 1. The lowest BCUT2D eigenvalue weighted by atomic mass is 10.3. The number of nitrogens with zero attached hydrogens (tertiary/aromatic N) is 2. The molecule has 2 aromatic rings. The van der Waals surface area contributed by atoms with E-state index in [4.69, 9.17) is 16.7 Å². The first-order valence-electron chi connectivity index (χ1n) is 6.34. The first kappa shape index (κ1) is 16.5. The average Bonchev–Trinajstić information content (AvgIpc) is 2.85. The molecule has 0 spiro atoms. The van der Waals surface area contributed by atoms with Gasteiger partial charge < -0.3 is 9.67 Å². The van der Waals surface area contributed by atoms with E-state index in [9.17, 15) is 13.2 Å². The van der Waals surface area contributed by atoms with E-state index in [-0.39, 0.29) is 18.0 Å². The summed E-state index contributed by atoms with van der Waals surface area (Å²) in [5.74, 6) is -0.965. The van der Waals surface area contributed by atoms with E-state index in [1.165, 1.54) is 35.2 Å². The van der Waals surface area contributed by atoms with Gasteiger partial charge in [-0.05, 0) is 24.3 Å². The minimum absolute atomic E-state index is 0.133. The van der Waals surface area contributed by atoms with Gasteiger partial charge in [0.15, 0.2) is 0 Å². The molecule has 22 heavy (non-hydrogen) atoms. The number of hydrogen-bond acceptors (Lipinski definition) is 4. The molecule has 2 rings (SSSR count). The minimum Gasteiger partial charge on any atom is -0.480 e. The van der Waals surface area contributed by atoms with E-state index in [2.05, 4.69) is 9.71 Å². The number of rotatable bonds is 7. The summed E-state index contributed by atoms with van der Waals surface area (Å²) < 4.78 is 27.9. The van der Waals surface area contributed by atoms with Crippen LogP contribution in [0.3, 0.4) is 0 Å². The molecule has 0 amide bonds. The highest BCUT2D eigenvalue weighted by atomic mass is 35.5. The number of aromatic nitrogens is 2. The minimum atomic E-state index is -3.60. The molecule has 0 radical (unpaired) electrons. The zero-order chi connectivity index (χ0) is 16.2. The molecule has 0 saturated carbocycles. The van der Waals surface area contributed by atoms with Gasteiger partial charge in [-0.2, -0.15) is 0 Å². The van der Waals surface area contributed by atoms with Gasteiger partial charge in [0.05, 0.1) is 16.9 Å². The maximum atomic E-state index is 12.0. The second-order valence-electron chi connectivity index (χ2n) is 4.53. The summed E-state index contributed by atoms with van der Waals surface area (Å²) in [6.07, 6.45) is 3.33. The van der Waals surface area contributed by atoms with Gasteiger partial charge in [-0.25, -0.2) is 18.1 Å². The summed E-state index contributed by atoms with van der Waals surface area (Å²) >= 11 is 5.72. The molecule has 0 fully saturated rings. The van der Waals surface area contributed by atoms with Crippen LogP contribution in [0.4, 0.5) is 0 Å². The van der Waals surface area contributed by atoms with Crippen LogP contribution in [0.15, 0.2) is 41.7 Å². The maximum Gasteiger partial charge on any atom is 0.323 e. The van der Waals surface area contributed by atoms with E-state index < -0.39 is 16.0 Å². The molecule has 0 unspecified atom stereocenters. The van der Waals surface area contributed by atoms with Crippen LogP contribution in [-0.4, -0.2) is 35.6 Å². The lowest BCUT2D eigenvalue weighted by Crippen LogP contribution is -2.26. The van der Waals surface area contributed by atoms with Gasteiger partial charge in [0.1, 0.15) is 6.54 Å². The molecule has 1 heterocycles. The quantitative estimate of drug-likeness (QED) is 0.785. The fourth-order valence-electron chi connectivity index (χ4n) is 1.79. The van der Waals surface area contributed by atoms with Gasteiger partial charge in [-0.1, -0.05) is 11.6 Å². The van der Waals surface area contributed by atoms with Gasteiger partial charge in [0, 0.05) is 24.2 Å². The first-order valence-corrected chi connectivity index (χ1v) is 8.20. The number of imidazole rings is 1. The summed E-state index contributed by atoms with van der Waals surface area (Å²) in [5.41, 5.74) is 0.611. The van der Waals surface area contributed by atoms with Crippen LogP contribution >= 0.6 is 11.6 Å². The van der Waals surface area contributed by atoms with Crippen LogP contribution in [0.25, 0.3) is 0 Å². The first-order chi connectivity index (χ1) is 10.4. The molecule has 2 N–H and O–H groups in total. The Labute approximate surface area is 132 Å². The monoisotopic (exact) mass is 343 g/mol. The van der Waals surface area contributed by atoms with Gasteiger partial charge in [-0.15, -0.1) is 0 Å². The number of carboxylic acids is 1. The number of carbonyl (C=O) groups is 1. The third-order valence-electron chi connectivity index (χ3n) is 2.80. The van der Waals surface area contributed by atoms with Crippen LogP contribution in [0, 0.1) is 0 Å². The van der Waals surface area contributed by atoms with E-state index in [0.29, 0.717) is 17.1 Å². The number of aliphatic carboxylic acids is 1. The normalized spacial score (nSPS) is 11.5. The van der Waals surface area contributed by atoms with Crippen LogP contribution in [-0.2, 0) is 27.8 Å². The molecule has 1 aromatic heterocycles. The molecule has 0 atom stereocenters. The summed E-state index contributed by atoms with van der Waals surface area (Å²) in [6, 6.07) is 5.85. The van der Waals surface area contributed by atoms with E-state index in [0.717, 1.165) is 0 Å². The summed E-state index contributed by atoms with van der Waals surface area (Å²) in [5, 5.41) is 9.12. The molecule has 0 saturated heterocycles. The van der Waals surface area contributed by atoms with Crippen molar-refractivity contribution < 1.29 is 18.3 Å². The topological polar surface area (TPSA) is 101 Å². The van der Waals surface area contributed by atoms with Crippen molar-refractivity contribution in [3.8, 4) is 0 Å². The fourth-order valence-corrected chi connectivity index (χ4v) is 2.95. The van der Waals surface area contributed by atoms with E-state index in [1.807, 2.05) is 0 Å². The number of nitrogens with one attached hydrogen (secondary N) is 1. The Kier molecular flexibility index (Phi) is 5.17. The largest absolute Gasteiger partial charge is 0.480 e. The van der Waals surface area contributed by atoms with Crippen molar-refractivity contribution in [3.63, 3.8) is 0 Å². The second kappa shape index (κ2) is 6.91. The lowest BCUT2D eigenvalue weighted by Gasteiger charge is -2.05. The smallest absolute Gasteiger partial charge is 0.323 e. The van der Waals surface area contributed by atoms with Crippen molar-refractivity contribution in [2.75, 3.05) is 6.54 Å². The number of benzene rings is 1. The van der Waals surface area contributed by atoms with Crippen LogP contribution in [0.2, 0.25) is 5.02 Å². The zero-order valence-electron chi connectivity index (χ0n) is 11.4. The average molecular weight is 344 g/mol. The van der Waals surface area contributed by atoms with Crippen molar-refractivity contribution >= 4 is 27.6 Å². The van der Waals surface area contributed by atoms with Gasteiger partial charge in [-0.3, -0.25) is 4.79 Å². The fraction of sp³-hybridized carbons (Fsp3) is 0.231. The Morgan fingerprint density at radius 3 is 2.64 bits per heavy atom. The summed E-state index contributed by atoms with van der Waals surface area (Å²) in [7, 11) is -3.60. The van der Waals surface area contributed by atoms with Crippen molar-refractivity contribution in [2.24, 2.45) is 0 Å². The molecule has 118 valence electrons. The molecule has 7 nitrogen and oxygen atoms in total. The molecule has 0 bridgehead atoms. The van der Waals surface area contributed by atoms with Crippen molar-refractivity contribution in [1.82, 2.24) is 14.3 Å². The van der Waals surface area contributed by atoms with Crippen molar-refractivity contribution in [2.45, 2.75) is 17.9 Å². The molecule has 1 aromatic carbocycles. The Bertz CT molecular complexity index is 756. The standard InChI is InChI=1S/C13H14ClN3O4S/c14-10-1-3-12(4-2-10)22(20,21)16-6-5-11-7-17(9-15-11)8-13(18)19/h1-4,7,9,16H,5-6,8H2,(H,18,19). The van der Waals surface area contributed by atoms with Crippen molar-refractivity contribution in [3.05, 3.63) is 47.5 Å². The number of sulfonamides is 1. The third kappa shape index (κ3) is 4.55. The van der Waals surface area contributed by atoms with E-state index >= 15 is 0 Å². The summed E-state index contributed by atoms with van der Waals surface area (Å²) in [4.78, 5) is 14.7. The number of hydrogen-bond donors (Lipinski definition) is 2. The maximum absolute atomic E-state index is 12.0. The highest BCUT2D eigenvalue weighted by Crippen LogP contribution is 2.13. The zero-order valence-corrected chi connectivity index (χ0v) is 13.0. The predicted octanol–water partition coefficient (Wildman–Crippen LogP) is 1.14. The molecular weight excluding hydrogens is 330 g/mol. The molecule has 0 aliphatic carbocycles.